The lowest BCUT2D eigenvalue weighted by Gasteiger charge is -2.19. The molecule has 234 valence electrons. The first-order valence-electron chi connectivity index (χ1n) is 15.6. The number of ether oxygens (including phenoxy) is 2. The fraction of sp³-hybridized carbons (Fsp3) is 0.806. The van der Waals surface area contributed by atoms with Gasteiger partial charge in [0, 0.05) is 12.8 Å². The molecule has 0 radical (unpaired) electrons. The highest BCUT2D eigenvalue weighted by molar-refractivity contribution is 7.47. The van der Waals surface area contributed by atoms with E-state index < -0.39 is 26.5 Å². The third kappa shape index (κ3) is 26.7. The van der Waals surface area contributed by atoms with Gasteiger partial charge in [-0.25, -0.2) is 4.57 Å². The fourth-order valence-electron chi connectivity index (χ4n) is 3.93. The molecule has 0 rings (SSSR count). The summed E-state index contributed by atoms with van der Waals surface area (Å²) >= 11 is 0. The Bertz CT molecular complexity index is 722. The van der Waals surface area contributed by atoms with E-state index in [9.17, 15) is 19.0 Å². The highest BCUT2D eigenvalue weighted by atomic mass is 31.2. The molecule has 9 heteroatoms. The topological polar surface area (TPSA) is 108 Å². The smallest absolute Gasteiger partial charge is 0.462 e. The van der Waals surface area contributed by atoms with E-state index in [1.165, 1.54) is 12.8 Å². The largest absolute Gasteiger partial charge is 0.472 e. The SMILES string of the molecule is CCC/C=C\CCCCCCCC(=O)OCC(COP(=O)(O)OCC)OC(=O)CCCCCCC/C=C\CCC. The maximum Gasteiger partial charge on any atom is 0.472 e. The number of carbonyl (C=O) groups is 2. The quantitative estimate of drug-likeness (QED) is 0.0418. The van der Waals surface area contributed by atoms with Crippen LogP contribution in [-0.2, 0) is 32.7 Å². The third-order valence-electron chi connectivity index (χ3n) is 6.19. The van der Waals surface area contributed by atoms with Crippen molar-refractivity contribution in [2.45, 2.75) is 142 Å². The first-order valence-corrected chi connectivity index (χ1v) is 17.1. The Morgan fingerprint density at radius 3 is 1.65 bits per heavy atom. The summed E-state index contributed by atoms with van der Waals surface area (Å²) in [5.41, 5.74) is 0. The zero-order chi connectivity index (χ0) is 29.7. The summed E-state index contributed by atoms with van der Waals surface area (Å²) in [6, 6.07) is 0. The van der Waals surface area contributed by atoms with E-state index in [-0.39, 0.29) is 32.0 Å². The van der Waals surface area contributed by atoms with Crippen molar-refractivity contribution in [2.24, 2.45) is 0 Å². The molecule has 0 aromatic rings. The van der Waals surface area contributed by atoms with E-state index in [0.29, 0.717) is 6.42 Å². The van der Waals surface area contributed by atoms with E-state index in [1.807, 2.05) is 0 Å². The van der Waals surface area contributed by atoms with Gasteiger partial charge in [-0.3, -0.25) is 18.6 Å². The van der Waals surface area contributed by atoms with Crippen LogP contribution >= 0.6 is 7.82 Å². The Balaban J connectivity index is 4.29. The van der Waals surface area contributed by atoms with Crippen LogP contribution in [0.4, 0.5) is 0 Å². The molecule has 0 aromatic heterocycles. The summed E-state index contributed by atoms with van der Waals surface area (Å²) in [6.45, 7) is 5.28. The van der Waals surface area contributed by atoms with E-state index >= 15 is 0 Å². The Kier molecular flexibility index (Phi) is 26.7. The van der Waals surface area contributed by atoms with Crippen LogP contribution in [0.15, 0.2) is 24.3 Å². The van der Waals surface area contributed by atoms with E-state index in [4.69, 9.17) is 18.5 Å². The summed E-state index contributed by atoms with van der Waals surface area (Å²) in [5, 5.41) is 0. The molecule has 0 fully saturated rings. The monoisotopic (exact) mass is 588 g/mol. The standard InChI is InChI=1S/C31H57O8P/c1-4-7-9-11-13-15-17-19-21-23-25-30(32)36-27-29(28-38-40(34,35)37-6-3)39-31(33)26-24-22-20-18-16-14-12-10-8-5-2/h9-12,29H,4-8,13-28H2,1-3H3,(H,34,35)/b11-9-,12-10-. The number of hydrogen-bond acceptors (Lipinski definition) is 7. The molecular weight excluding hydrogens is 531 g/mol. The first-order chi connectivity index (χ1) is 19.3. The van der Waals surface area contributed by atoms with Crippen LogP contribution in [0.3, 0.4) is 0 Å². The van der Waals surface area contributed by atoms with Crippen molar-refractivity contribution in [3.8, 4) is 0 Å². The molecule has 0 aromatic carbocycles. The highest BCUT2D eigenvalue weighted by Crippen LogP contribution is 2.43. The van der Waals surface area contributed by atoms with Gasteiger partial charge >= 0.3 is 19.8 Å². The molecule has 2 atom stereocenters. The normalized spacial score (nSPS) is 14.0. The molecule has 0 bridgehead atoms. The zero-order valence-electron chi connectivity index (χ0n) is 25.5. The average molecular weight is 589 g/mol. The number of allylic oxidation sites excluding steroid dienone is 4. The summed E-state index contributed by atoms with van der Waals surface area (Å²) in [5.74, 6) is -0.828. The van der Waals surface area contributed by atoms with Gasteiger partial charge in [-0.15, -0.1) is 0 Å². The lowest BCUT2D eigenvalue weighted by molar-refractivity contribution is -0.161. The van der Waals surface area contributed by atoms with Crippen LogP contribution in [-0.4, -0.2) is 42.8 Å². The van der Waals surface area contributed by atoms with Crippen molar-refractivity contribution in [3.05, 3.63) is 24.3 Å². The van der Waals surface area contributed by atoms with Gasteiger partial charge in [0.15, 0.2) is 6.10 Å². The minimum Gasteiger partial charge on any atom is -0.462 e. The van der Waals surface area contributed by atoms with Crippen LogP contribution in [0.2, 0.25) is 0 Å². The molecular formula is C31H57O8P. The van der Waals surface area contributed by atoms with Crippen molar-refractivity contribution in [3.63, 3.8) is 0 Å². The van der Waals surface area contributed by atoms with Crippen molar-refractivity contribution in [2.75, 3.05) is 19.8 Å². The van der Waals surface area contributed by atoms with Crippen LogP contribution in [0, 0.1) is 0 Å². The minimum atomic E-state index is -4.26. The molecule has 0 saturated heterocycles. The van der Waals surface area contributed by atoms with Crippen LogP contribution in [0.1, 0.15) is 136 Å². The Hall–Kier alpha value is -1.47. The number of esters is 2. The van der Waals surface area contributed by atoms with Crippen LogP contribution in [0.5, 0.6) is 0 Å². The first kappa shape index (κ1) is 38.5. The predicted octanol–water partition coefficient (Wildman–Crippen LogP) is 8.77. The lowest BCUT2D eigenvalue weighted by atomic mass is 10.1. The maximum atomic E-state index is 12.4. The van der Waals surface area contributed by atoms with Gasteiger partial charge < -0.3 is 14.4 Å². The molecule has 0 aliphatic rings. The van der Waals surface area contributed by atoms with Crippen molar-refractivity contribution in [1.29, 1.82) is 0 Å². The molecule has 0 aliphatic carbocycles. The summed E-state index contributed by atoms with van der Waals surface area (Å²) in [6.07, 6.45) is 25.3. The van der Waals surface area contributed by atoms with Gasteiger partial charge in [-0.05, 0) is 58.3 Å². The molecule has 0 spiro atoms. The van der Waals surface area contributed by atoms with E-state index in [0.717, 1.165) is 83.5 Å². The molecule has 40 heavy (non-hydrogen) atoms. The number of unbranched alkanes of at least 4 members (excludes halogenated alkanes) is 12. The Morgan fingerprint density at radius 2 is 1.12 bits per heavy atom. The van der Waals surface area contributed by atoms with Crippen molar-refractivity contribution >= 4 is 19.8 Å². The number of hydrogen-bond donors (Lipinski definition) is 1. The molecule has 8 nitrogen and oxygen atoms in total. The lowest BCUT2D eigenvalue weighted by Crippen LogP contribution is -2.29. The van der Waals surface area contributed by atoms with Gasteiger partial charge in [0.2, 0.25) is 0 Å². The molecule has 0 heterocycles. The summed E-state index contributed by atoms with van der Waals surface area (Å²) in [4.78, 5) is 34.3. The van der Waals surface area contributed by atoms with Gasteiger partial charge in [-0.1, -0.05) is 89.5 Å². The summed E-state index contributed by atoms with van der Waals surface area (Å²) in [7, 11) is -4.26. The molecule has 1 N–H and O–H groups in total. The van der Waals surface area contributed by atoms with Gasteiger partial charge in [0.25, 0.3) is 0 Å². The number of carbonyl (C=O) groups excluding carboxylic acids is 2. The second-order valence-electron chi connectivity index (χ2n) is 10.1. The van der Waals surface area contributed by atoms with E-state index in [1.54, 1.807) is 6.92 Å². The predicted molar refractivity (Wildman–Crippen MR) is 161 cm³/mol. The number of phosphoric acid groups is 1. The highest BCUT2D eigenvalue weighted by Gasteiger charge is 2.25. The number of rotatable bonds is 28. The average Bonchev–Trinajstić information content (AvgIpc) is 2.92. The second kappa shape index (κ2) is 27.7. The van der Waals surface area contributed by atoms with E-state index in [2.05, 4.69) is 38.2 Å². The maximum absolute atomic E-state index is 12.4. The Labute approximate surface area is 243 Å². The molecule has 2 unspecified atom stereocenters. The van der Waals surface area contributed by atoms with Crippen LogP contribution in [0.25, 0.3) is 0 Å². The van der Waals surface area contributed by atoms with Crippen molar-refractivity contribution < 1.29 is 37.6 Å². The second-order valence-corrected chi connectivity index (χ2v) is 11.6. The molecule has 0 amide bonds. The molecule has 0 aliphatic heterocycles. The molecule has 0 saturated carbocycles. The van der Waals surface area contributed by atoms with Gasteiger partial charge in [0.1, 0.15) is 6.61 Å². The number of phosphoric ester groups is 1. The van der Waals surface area contributed by atoms with Gasteiger partial charge in [-0.2, -0.15) is 0 Å². The van der Waals surface area contributed by atoms with Crippen LogP contribution < -0.4 is 0 Å². The fourth-order valence-corrected chi connectivity index (χ4v) is 4.68. The Morgan fingerprint density at radius 1 is 0.650 bits per heavy atom. The van der Waals surface area contributed by atoms with Crippen molar-refractivity contribution in [1.82, 2.24) is 0 Å². The van der Waals surface area contributed by atoms with Gasteiger partial charge in [0.05, 0.1) is 13.2 Å². The summed E-state index contributed by atoms with van der Waals surface area (Å²) < 4.78 is 32.2. The third-order valence-corrected chi connectivity index (χ3v) is 7.25. The zero-order valence-corrected chi connectivity index (χ0v) is 26.4. The minimum absolute atomic E-state index is 0.00218.